The van der Waals surface area contributed by atoms with Gasteiger partial charge in [0.1, 0.15) is 6.29 Å². The van der Waals surface area contributed by atoms with Crippen molar-refractivity contribution < 1.29 is 19.2 Å². The summed E-state index contributed by atoms with van der Waals surface area (Å²) in [5, 5.41) is 4.07. The molecule has 3 amide bonds. The molecule has 0 aromatic heterocycles. The zero-order valence-corrected chi connectivity index (χ0v) is 10.3. The van der Waals surface area contributed by atoms with E-state index in [4.69, 9.17) is 0 Å². The van der Waals surface area contributed by atoms with Crippen molar-refractivity contribution in [2.24, 2.45) is 0 Å². The average Bonchev–Trinajstić information content (AvgIpc) is 2.68. The second-order valence-corrected chi connectivity index (χ2v) is 4.60. The lowest BCUT2D eigenvalue weighted by Crippen LogP contribution is -2.18. The van der Waals surface area contributed by atoms with Crippen molar-refractivity contribution in [3.8, 4) is 0 Å². The quantitative estimate of drug-likeness (QED) is 0.641. The van der Waals surface area contributed by atoms with Gasteiger partial charge in [0.05, 0.1) is 4.91 Å². The van der Waals surface area contributed by atoms with Crippen LogP contribution in [0.4, 0.5) is 10.5 Å². The van der Waals surface area contributed by atoms with Crippen LogP contribution in [0.5, 0.6) is 0 Å². The number of amides is 3. The minimum absolute atomic E-state index is 0.0482. The van der Waals surface area contributed by atoms with Crippen molar-refractivity contribution in [1.29, 1.82) is 0 Å². The van der Waals surface area contributed by atoms with Crippen LogP contribution in [0.25, 0.3) is 0 Å². The molecular formula is C12H8N2O4S. The third kappa shape index (κ3) is 3.29. The van der Waals surface area contributed by atoms with Crippen LogP contribution in [0, 0.1) is 0 Å². The van der Waals surface area contributed by atoms with Crippen molar-refractivity contribution in [1.82, 2.24) is 5.32 Å². The molecule has 0 spiro atoms. The number of hydrogen-bond acceptors (Lipinski definition) is 5. The van der Waals surface area contributed by atoms with Crippen LogP contribution < -0.4 is 10.6 Å². The molecule has 2 rings (SSSR count). The lowest BCUT2D eigenvalue weighted by molar-refractivity contribution is -0.116. The Morgan fingerprint density at radius 3 is 2.42 bits per heavy atom. The number of rotatable bonds is 3. The summed E-state index contributed by atoms with van der Waals surface area (Å²) in [5.74, 6) is -1.10. The lowest BCUT2D eigenvalue weighted by Gasteiger charge is -2.02. The van der Waals surface area contributed by atoms with Gasteiger partial charge in [-0.3, -0.25) is 24.5 Å². The molecule has 2 N–H and O–H groups in total. The van der Waals surface area contributed by atoms with E-state index < -0.39 is 17.1 Å². The van der Waals surface area contributed by atoms with E-state index in [-0.39, 0.29) is 4.91 Å². The highest BCUT2D eigenvalue weighted by Crippen LogP contribution is 2.22. The van der Waals surface area contributed by atoms with Crippen molar-refractivity contribution >= 4 is 40.8 Å². The number of imide groups is 1. The van der Waals surface area contributed by atoms with Crippen LogP contribution in [0.1, 0.15) is 10.4 Å². The first-order chi connectivity index (χ1) is 9.08. The second kappa shape index (κ2) is 5.49. The highest BCUT2D eigenvalue weighted by molar-refractivity contribution is 8.18. The third-order valence-corrected chi connectivity index (χ3v) is 3.03. The Morgan fingerprint density at radius 1 is 1.21 bits per heavy atom. The summed E-state index contributed by atoms with van der Waals surface area (Å²) in [4.78, 5) is 44.2. The molecule has 1 fully saturated rings. The number of carbonyl (C=O) groups is 4. The lowest BCUT2D eigenvalue weighted by atomic mass is 10.2. The zero-order chi connectivity index (χ0) is 13.8. The Labute approximate surface area is 112 Å². The van der Waals surface area contributed by atoms with Gasteiger partial charge in [0.25, 0.3) is 11.1 Å². The van der Waals surface area contributed by atoms with E-state index in [1.807, 2.05) is 5.32 Å². The summed E-state index contributed by atoms with van der Waals surface area (Å²) < 4.78 is 0. The number of aldehydes is 1. The number of nitrogens with one attached hydrogen (secondary N) is 2. The first kappa shape index (κ1) is 13.0. The Hall–Kier alpha value is -2.41. The highest BCUT2D eigenvalue weighted by atomic mass is 32.2. The van der Waals surface area contributed by atoms with Gasteiger partial charge in [0.2, 0.25) is 5.91 Å². The molecule has 1 aromatic rings. The van der Waals surface area contributed by atoms with E-state index in [0.717, 1.165) is 6.08 Å². The van der Waals surface area contributed by atoms with Gasteiger partial charge in [-0.1, -0.05) is 0 Å². The zero-order valence-electron chi connectivity index (χ0n) is 9.51. The molecule has 0 atom stereocenters. The molecular weight excluding hydrogens is 268 g/mol. The van der Waals surface area contributed by atoms with Crippen LogP contribution in [-0.2, 0) is 9.59 Å². The number of anilines is 1. The molecule has 0 saturated carbocycles. The monoisotopic (exact) mass is 276 g/mol. The summed E-state index contributed by atoms with van der Waals surface area (Å²) in [7, 11) is 0. The fourth-order valence-electron chi connectivity index (χ4n) is 1.36. The van der Waals surface area contributed by atoms with Gasteiger partial charge in [0.15, 0.2) is 0 Å². The van der Waals surface area contributed by atoms with E-state index >= 15 is 0 Å². The average molecular weight is 276 g/mol. The molecule has 0 aliphatic carbocycles. The Kier molecular flexibility index (Phi) is 3.76. The number of thioether (sulfide) groups is 1. The first-order valence-electron chi connectivity index (χ1n) is 5.19. The highest BCUT2D eigenvalue weighted by Gasteiger charge is 2.25. The topological polar surface area (TPSA) is 92.3 Å². The molecule has 1 aromatic carbocycles. The Balaban J connectivity index is 2.04. The predicted molar refractivity (Wildman–Crippen MR) is 69.7 cm³/mol. The van der Waals surface area contributed by atoms with Crippen molar-refractivity contribution in [3.63, 3.8) is 0 Å². The van der Waals surface area contributed by atoms with Gasteiger partial charge < -0.3 is 5.32 Å². The number of hydrogen-bond donors (Lipinski definition) is 2. The summed E-state index contributed by atoms with van der Waals surface area (Å²) in [6.45, 7) is 0. The molecule has 96 valence electrons. The normalized spacial score (nSPS) is 16.3. The van der Waals surface area contributed by atoms with Gasteiger partial charge in [0, 0.05) is 17.3 Å². The largest absolute Gasteiger partial charge is 0.322 e. The molecule has 1 heterocycles. The summed E-state index contributed by atoms with van der Waals surface area (Å²) in [5.41, 5.74) is 0.981. The Morgan fingerprint density at radius 2 is 1.89 bits per heavy atom. The number of benzene rings is 1. The van der Waals surface area contributed by atoms with Gasteiger partial charge >= 0.3 is 0 Å². The molecule has 6 nitrogen and oxygen atoms in total. The maximum absolute atomic E-state index is 11.6. The maximum atomic E-state index is 11.6. The van der Waals surface area contributed by atoms with Crippen molar-refractivity contribution in [2.45, 2.75) is 0 Å². The third-order valence-electron chi connectivity index (χ3n) is 2.22. The van der Waals surface area contributed by atoms with Crippen molar-refractivity contribution in [3.05, 3.63) is 40.8 Å². The summed E-state index contributed by atoms with van der Waals surface area (Å²) in [6, 6.07) is 6.23. The van der Waals surface area contributed by atoms with Crippen LogP contribution >= 0.6 is 11.8 Å². The van der Waals surface area contributed by atoms with E-state index in [2.05, 4.69) is 5.32 Å². The van der Waals surface area contributed by atoms with Gasteiger partial charge in [-0.25, -0.2) is 0 Å². The van der Waals surface area contributed by atoms with E-state index in [1.165, 1.54) is 0 Å². The second-order valence-electron chi connectivity index (χ2n) is 3.58. The molecule has 7 heteroatoms. The smallest absolute Gasteiger partial charge is 0.290 e. The van der Waals surface area contributed by atoms with Crippen LogP contribution in [0.2, 0.25) is 0 Å². The van der Waals surface area contributed by atoms with E-state index in [0.29, 0.717) is 29.3 Å². The SMILES string of the molecule is O=Cc1ccc(NC(=O)/C=C2/SC(=O)NC2=O)cc1. The summed E-state index contributed by atoms with van der Waals surface area (Å²) >= 11 is 0.673. The molecule has 1 aliphatic heterocycles. The van der Waals surface area contributed by atoms with Crippen LogP contribution in [0.3, 0.4) is 0 Å². The summed E-state index contributed by atoms with van der Waals surface area (Å²) in [6.07, 6.45) is 1.75. The Bertz CT molecular complexity index is 592. The minimum Gasteiger partial charge on any atom is -0.322 e. The maximum Gasteiger partial charge on any atom is 0.290 e. The van der Waals surface area contributed by atoms with Crippen LogP contribution in [0.15, 0.2) is 35.2 Å². The number of carbonyl (C=O) groups excluding carboxylic acids is 4. The predicted octanol–water partition coefficient (Wildman–Crippen LogP) is 1.30. The molecule has 1 aliphatic rings. The molecule has 0 bridgehead atoms. The van der Waals surface area contributed by atoms with Gasteiger partial charge in [-0.05, 0) is 36.0 Å². The van der Waals surface area contributed by atoms with E-state index in [9.17, 15) is 19.2 Å². The molecule has 0 unspecified atom stereocenters. The first-order valence-corrected chi connectivity index (χ1v) is 6.01. The fraction of sp³-hybridized carbons (Fsp3) is 0. The van der Waals surface area contributed by atoms with E-state index in [1.54, 1.807) is 24.3 Å². The van der Waals surface area contributed by atoms with Crippen molar-refractivity contribution in [2.75, 3.05) is 5.32 Å². The molecule has 0 radical (unpaired) electrons. The van der Waals surface area contributed by atoms with Crippen LogP contribution in [-0.4, -0.2) is 23.3 Å². The molecule has 19 heavy (non-hydrogen) atoms. The minimum atomic E-state index is -0.582. The van der Waals surface area contributed by atoms with Gasteiger partial charge in [-0.15, -0.1) is 0 Å². The van der Waals surface area contributed by atoms with Gasteiger partial charge in [-0.2, -0.15) is 0 Å². The molecule has 1 saturated heterocycles. The standard InChI is InChI=1S/C12H8N2O4S/c15-6-7-1-3-8(4-2-7)13-10(16)5-9-11(17)14-12(18)19-9/h1-6H,(H,13,16)(H,14,17,18)/b9-5+. The fourth-order valence-corrected chi connectivity index (χ4v) is 2.02.